The SMILES string of the molecule is C[C@@]12C(=O)N(c3ccccc3)C(=O)[C@@H]1C=CC[C@@H]2O. The van der Waals surface area contributed by atoms with Crippen LogP contribution in [-0.4, -0.2) is 23.0 Å². The van der Waals surface area contributed by atoms with Gasteiger partial charge in [-0.15, -0.1) is 0 Å². The van der Waals surface area contributed by atoms with Gasteiger partial charge in [0.05, 0.1) is 23.1 Å². The van der Waals surface area contributed by atoms with Crippen LogP contribution in [0.25, 0.3) is 0 Å². The second-order valence-electron chi connectivity index (χ2n) is 5.25. The zero-order valence-corrected chi connectivity index (χ0v) is 10.6. The second-order valence-corrected chi connectivity index (χ2v) is 5.25. The van der Waals surface area contributed by atoms with Crippen LogP contribution in [0.5, 0.6) is 0 Å². The molecule has 1 heterocycles. The fraction of sp³-hybridized carbons (Fsp3) is 0.333. The largest absolute Gasteiger partial charge is 0.392 e. The number of hydrogen-bond acceptors (Lipinski definition) is 3. The highest BCUT2D eigenvalue weighted by Crippen LogP contribution is 2.46. The zero-order chi connectivity index (χ0) is 13.6. The molecule has 3 atom stereocenters. The number of amides is 2. The quantitative estimate of drug-likeness (QED) is 0.612. The minimum atomic E-state index is -1.04. The van der Waals surface area contributed by atoms with Crippen LogP contribution >= 0.6 is 0 Å². The second kappa shape index (κ2) is 4.03. The Kier molecular flexibility index (Phi) is 2.57. The van der Waals surface area contributed by atoms with Crippen molar-refractivity contribution in [1.82, 2.24) is 0 Å². The van der Waals surface area contributed by atoms with Gasteiger partial charge in [0.15, 0.2) is 0 Å². The lowest BCUT2D eigenvalue weighted by Gasteiger charge is -2.33. The third-order valence-corrected chi connectivity index (χ3v) is 4.19. The molecule has 1 saturated heterocycles. The molecule has 0 spiro atoms. The van der Waals surface area contributed by atoms with Crippen molar-refractivity contribution in [3.8, 4) is 0 Å². The Balaban J connectivity index is 2.09. The highest BCUT2D eigenvalue weighted by Gasteiger charge is 2.60. The van der Waals surface area contributed by atoms with Gasteiger partial charge in [0.25, 0.3) is 0 Å². The summed E-state index contributed by atoms with van der Waals surface area (Å²) in [6, 6.07) is 8.86. The standard InChI is InChI=1S/C15H15NO3/c1-15-11(8-5-9-12(15)17)13(18)16(14(15)19)10-6-3-2-4-7-10/h2-8,11-12,17H,9H2,1H3/t11-,12-,15+/m0/s1. The summed E-state index contributed by atoms with van der Waals surface area (Å²) < 4.78 is 0. The molecule has 4 heteroatoms. The molecule has 1 aliphatic carbocycles. The molecule has 1 fully saturated rings. The van der Waals surface area contributed by atoms with Crippen molar-refractivity contribution in [3.05, 3.63) is 42.5 Å². The fourth-order valence-electron chi connectivity index (χ4n) is 2.91. The third kappa shape index (κ3) is 1.50. The number of rotatable bonds is 1. The molecule has 2 aliphatic rings. The smallest absolute Gasteiger partial charge is 0.243 e. The normalized spacial score (nSPS) is 33.7. The van der Waals surface area contributed by atoms with Crippen molar-refractivity contribution in [2.45, 2.75) is 19.4 Å². The minimum Gasteiger partial charge on any atom is -0.392 e. The van der Waals surface area contributed by atoms with Crippen molar-refractivity contribution in [1.29, 1.82) is 0 Å². The molecule has 0 aromatic heterocycles. The van der Waals surface area contributed by atoms with Gasteiger partial charge in [0.1, 0.15) is 0 Å². The van der Waals surface area contributed by atoms with Crippen LogP contribution in [0.15, 0.2) is 42.5 Å². The molecule has 0 bridgehead atoms. The number of fused-ring (bicyclic) bond motifs is 1. The summed E-state index contributed by atoms with van der Waals surface area (Å²) in [4.78, 5) is 26.2. The van der Waals surface area contributed by atoms with E-state index >= 15 is 0 Å². The maximum absolute atomic E-state index is 12.6. The highest BCUT2D eigenvalue weighted by atomic mass is 16.3. The first-order valence-electron chi connectivity index (χ1n) is 6.35. The van der Waals surface area contributed by atoms with Crippen molar-refractivity contribution in [3.63, 3.8) is 0 Å². The summed E-state index contributed by atoms with van der Waals surface area (Å²) in [5, 5.41) is 10.1. The Morgan fingerprint density at radius 1 is 1.26 bits per heavy atom. The average Bonchev–Trinajstić information content (AvgIpc) is 2.62. The van der Waals surface area contributed by atoms with Gasteiger partial charge < -0.3 is 5.11 Å². The summed E-state index contributed by atoms with van der Waals surface area (Å²) >= 11 is 0. The number of anilines is 1. The summed E-state index contributed by atoms with van der Waals surface area (Å²) in [7, 11) is 0. The average molecular weight is 257 g/mol. The van der Waals surface area contributed by atoms with E-state index in [1.54, 1.807) is 43.3 Å². The van der Waals surface area contributed by atoms with Crippen molar-refractivity contribution in [2.24, 2.45) is 11.3 Å². The van der Waals surface area contributed by atoms with Crippen LogP contribution in [0.1, 0.15) is 13.3 Å². The number of hydrogen-bond donors (Lipinski definition) is 1. The van der Waals surface area contributed by atoms with Gasteiger partial charge in [0, 0.05) is 0 Å². The summed E-state index contributed by atoms with van der Waals surface area (Å²) in [5.74, 6) is -1.14. The van der Waals surface area contributed by atoms with Crippen LogP contribution in [0.3, 0.4) is 0 Å². The summed E-state index contributed by atoms with van der Waals surface area (Å²) in [6.45, 7) is 1.68. The third-order valence-electron chi connectivity index (χ3n) is 4.19. The van der Waals surface area contributed by atoms with E-state index in [-0.39, 0.29) is 11.8 Å². The lowest BCUT2D eigenvalue weighted by atomic mass is 9.70. The molecule has 98 valence electrons. The van der Waals surface area contributed by atoms with E-state index in [0.29, 0.717) is 12.1 Å². The van der Waals surface area contributed by atoms with Crippen molar-refractivity contribution < 1.29 is 14.7 Å². The maximum atomic E-state index is 12.6. The number of nitrogens with zero attached hydrogens (tertiary/aromatic N) is 1. The van der Waals surface area contributed by atoms with Gasteiger partial charge >= 0.3 is 0 Å². The molecule has 2 amide bonds. The number of imide groups is 1. The Morgan fingerprint density at radius 2 is 1.95 bits per heavy atom. The molecule has 3 rings (SSSR count). The Labute approximate surface area is 111 Å². The number of benzene rings is 1. The molecule has 0 saturated carbocycles. The van der Waals surface area contributed by atoms with Crippen LogP contribution in [0.4, 0.5) is 5.69 Å². The fourth-order valence-corrected chi connectivity index (χ4v) is 2.91. The molecule has 1 aromatic carbocycles. The number of aliphatic hydroxyl groups excluding tert-OH is 1. The molecular weight excluding hydrogens is 242 g/mol. The van der Waals surface area contributed by atoms with E-state index in [0.717, 1.165) is 0 Å². The van der Waals surface area contributed by atoms with E-state index in [4.69, 9.17) is 0 Å². The molecule has 0 radical (unpaired) electrons. The number of carbonyl (C=O) groups is 2. The number of para-hydroxylation sites is 1. The molecule has 1 N–H and O–H groups in total. The first-order chi connectivity index (χ1) is 9.06. The van der Waals surface area contributed by atoms with Crippen LogP contribution in [0, 0.1) is 11.3 Å². The van der Waals surface area contributed by atoms with Crippen LogP contribution in [0.2, 0.25) is 0 Å². The topological polar surface area (TPSA) is 57.6 Å². The van der Waals surface area contributed by atoms with Gasteiger partial charge in [-0.2, -0.15) is 0 Å². The molecule has 19 heavy (non-hydrogen) atoms. The van der Waals surface area contributed by atoms with Crippen molar-refractivity contribution >= 4 is 17.5 Å². The summed E-state index contributed by atoms with van der Waals surface area (Å²) in [5.41, 5.74) is -0.476. The van der Waals surface area contributed by atoms with E-state index in [2.05, 4.69) is 0 Å². The predicted molar refractivity (Wildman–Crippen MR) is 70.3 cm³/mol. The molecule has 4 nitrogen and oxygen atoms in total. The Hall–Kier alpha value is -1.94. The van der Waals surface area contributed by atoms with Gasteiger partial charge in [-0.05, 0) is 25.5 Å². The summed E-state index contributed by atoms with van der Waals surface area (Å²) in [6.07, 6.45) is 3.12. The van der Waals surface area contributed by atoms with Gasteiger partial charge in [-0.1, -0.05) is 30.4 Å². The molecule has 1 aliphatic heterocycles. The lowest BCUT2D eigenvalue weighted by Crippen LogP contribution is -2.44. The predicted octanol–water partition coefficient (Wildman–Crippen LogP) is 1.50. The van der Waals surface area contributed by atoms with Crippen LogP contribution in [-0.2, 0) is 9.59 Å². The van der Waals surface area contributed by atoms with E-state index in [9.17, 15) is 14.7 Å². The van der Waals surface area contributed by atoms with Crippen LogP contribution < -0.4 is 4.90 Å². The minimum absolute atomic E-state index is 0.256. The van der Waals surface area contributed by atoms with Gasteiger partial charge in [0.2, 0.25) is 11.8 Å². The van der Waals surface area contributed by atoms with E-state index in [1.807, 2.05) is 6.07 Å². The Morgan fingerprint density at radius 3 is 2.58 bits per heavy atom. The lowest BCUT2D eigenvalue weighted by molar-refractivity contribution is -0.133. The highest BCUT2D eigenvalue weighted by molar-refractivity contribution is 6.24. The maximum Gasteiger partial charge on any atom is 0.243 e. The monoisotopic (exact) mass is 257 g/mol. The van der Waals surface area contributed by atoms with Crippen molar-refractivity contribution in [2.75, 3.05) is 4.90 Å². The molecule has 0 unspecified atom stereocenters. The number of aliphatic hydroxyl groups is 1. The Bertz CT molecular complexity index is 566. The number of carbonyl (C=O) groups excluding carboxylic acids is 2. The van der Waals surface area contributed by atoms with E-state index in [1.165, 1.54) is 4.90 Å². The first kappa shape index (κ1) is 12.1. The zero-order valence-electron chi connectivity index (χ0n) is 10.6. The molecule has 1 aromatic rings. The van der Waals surface area contributed by atoms with E-state index < -0.39 is 17.4 Å². The molecular formula is C15H15NO3. The first-order valence-corrected chi connectivity index (χ1v) is 6.35. The van der Waals surface area contributed by atoms with Gasteiger partial charge in [-0.25, -0.2) is 4.90 Å². The van der Waals surface area contributed by atoms with Gasteiger partial charge in [-0.3, -0.25) is 9.59 Å².